The van der Waals surface area contributed by atoms with E-state index in [-0.39, 0.29) is 12.8 Å². The van der Waals surface area contributed by atoms with Crippen molar-refractivity contribution in [3.63, 3.8) is 0 Å². The van der Waals surface area contributed by atoms with Gasteiger partial charge in [0.25, 0.3) is 11.8 Å². The molecule has 0 N–H and O–H groups in total. The Labute approximate surface area is 69.2 Å². The summed E-state index contributed by atoms with van der Waals surface area (Å²) in [6.45, 7) is 1.15. The van der Waals surface area contributed by atoms with E-state index in [4.69, 9.17) is 0 Å². The summed E-state index contributed by atoms with van der Waals surface area (Å²) in [6.07, 6.45) is 1.06. The summed E-state index contributed by atoms with van der Waals surface area (Å²) in [7, 11) is 0. The number of amides is 2. The molecule has 0 radical (unpaired) electrons. The minimum atomic E-state index is -0.654. The molecule has 2 amide bonds. The quantitative estimate of drug-likeness (QED) is 0.521. The van der Waals surface area contributed by atoms with Gasteiger partial charge in [0, 0.05) is 19.8 Å². The number of nitrogens with zero attached hydrogens (tertiary/aromatic N) is 1. The number of imide groups is 1. The van der Waals surface area contributed by atoms with Gasteiger partial charge in [-0.05, 0) is 6.42 Å². The highest BCUT2D eigenvalue weighted by Gasteiger charge is 2.28. The molecule has 1 aliphatic rings. The van der Waals surface area contributed by atoms with E-state index >= 15 is 0 Å². The van der Waals surface area contributed by atoms with Gasteiger partial charge in [-0.15, -0.1) is 5.06 Å². The molecule has 0 unspecified atom stereocenters. The predicted molar refractivity (Wildman–Crippen MR) is 37.5 cm³/mol. The molecule has 1 fully saturated rings. The third-order valence-corrected chi connectivity index (χ3v) is 1.45. The van der Waals surface area contributed by atoms with Gasteiger partial charge in [-0.1, -0.05) is 0 Å². The van der Waals surface area contributed by atoms with Crippen LogP contribution >= 0.6 is 0 Å². The molecular weight excluding hydrogens is 162 g/mol. The molecule has 1 rings (SSSR count). The summed E-state index contributed by atoms with van der Waals surface area (Å²) >= 11 is 0. The van der Waals surface area contributed by atoms with Crippen LogP contribution in [0.2, 0.25) is 0 Å². The largest absolute Gasteiger partial charge is 0.331 e. The Morgan fingerprint density at radius 3 is 2.25 bits per heavy atom. The molecule has 0 atom stereocenters. The van der Waals surface area contributed by atoms with E-state index in [0.717, 1.165) is 6.92 Å². The van der Waals surface area contributed by atoms with Gasteiger partial charge in [-0.3, -0.25) is 9.59 Å². The summed E-state index contributed by atoms with van der Waals surface area (Å²) < 4.78 is 0. The lowest BCUT2D eigenvalue weighted by molar-refractivity contribution is -0.203. The van der Waals surface area contributed by atoms with Gasteiger partial charge in [0.1, 0.15) is 0 Å². The average Bonchev–Trinajstić information content (AvgIpc) is 1.97. The first-order valence-corrected chi connectivity index (χ1v) is 3.65. The zero-order valence-electron chi connectivity index (χ0n) is 6.70. The predicted octanol–water partition coefficient (Wildman–Crippen LogP) is 0.00360. The van der Waals surface area contributed by atoms with Crippen LogP contribution in [0.15, 0.2) is 0 Å². The maximum Gasteiger partial charge on any atom is 0.330 e. The van der Waals surface area contributed by atoms with Crippen LogP contribution < -0.4 is 0 Å². The Morgan fingerprint density at radius 2 is 1.83 bits per heavy atom. The van der Waals surface area contributed by atoms with Crippen LogP contribution in [0, 0.1) is 0 Å². The second-order valence-corrected chi connectivity index (χ2v) is 2.52. The molecule has 12 heavy (non-hydrogen) atoms. The number of piperidine rings is 1. The van der Waals surface area contributed by atoms with Crippen molar-refractivity contribution in [1.29, 1.82) is 0 Å². The number of carbonyl (C=O) groups is 3. The van der Waals surface area contributed by atoms with Crippen molar-refractivity contribution in [3.05, 3.63) is 0 Å². The maximum absolute atomic E-state index is 11.0. The van der Waals surface area contributed by atoms with Gasteiger partial charge in [-0.2, -0.15) is 0 Å². The van der Waals surface area contributed by atoms with Crippen LogP contribution in [0.5, 0.6) is 0 Å². The van der Waals surface area contributed by atoms with Crippen molar-refractivity contribution < 1.29 is 19.2 Å². The van der Waals surface area contributed by atoms with E-state index in [2.05, 4.69) is 4.84 Å². The summed E-state index contributed by atoms with van der Waals surface area (Å²) in [5.41, 5.74) is 0. The highest BCUT2D eigenvalue weighted by Crippen LogP contribution is 2.12. The number of hydrogen-bond donors (Lipinski definition) is 0. The smallest absolute Gasteiger partial charge is 0.330 e. The second kappa shape index (κ2) is 3.34. The fraction of sp³-hybridized carbons (Fsp3) is 0.571. The Balaban J connectivity index is 2.63. The SMILES string of the molecule is CC(=O)ON1C(=O)CCCC1=O. The number of rotatable bonds is 1. The first-order valence-electron chi connectivity index (χ1n) is 3.65. The molecule has 66 valence electrons. The van der Waals surface area contributed by atoms with E-state index in [1.54, 1.807) is 0 Å². The molecule has 0 bridgehead atoms. The first-order chi connectivity index (χ1) is 5.61. The molecule has 1 saturated heterocycles. The molecule has 0 aromatic rings. The van der Waals surface area contributed by atoms with Gasteiger partial charge in [0.15, 0.2) is 0 Å². The van der Waals surface area contributed by atoms with Crippen molar-refractivity contribution in [1.82, 2.24) is 5.06 Å². The number of hydroxylamine groups is 2. The number of hydrogen-bond acceptors (Lipinski definition) is 4. The maximum atomic E-state index is 11.0. The molecule has 5 heteroatoms. The first kappa shape index (κ1) is 8.70. The van der Waals surface area contributed by atoms with Gasteiger partial charge in [0.2, 0.25) is 0 Å². The molecule has 0 aromatic heterocycles. The van der Waals surface area contributed by atoms with Crippen molar-refractivity contribution in [2.45, 2.75) is 26.2 Å². The summed E-state index contributed by atoms with van der Waals surface area (Å²) in [5, 5.41) is 0.547. The minimum Gasteiger partial charge on any atom is -0.331 e. The Kier molecular flexibility index (Phi) is 2.42. The van der Waals surface area contributed by atoms with E-state index in [1.807, 2.05) is 0 Å². The molecule has 1 aliphatic heterocycles. The third-order valence-electron chi connectivity index (χ3n) is 1.45. The second-order valence-electron chi connectivity index (χ2n) is 2.52. The van der Waals surface area contributed by atoms with Gasteiger partial charge in [0.05, 0.1) is 0 Å². The van der Waals surface area contributed by atoms with Crippen LogP contribution in [0.3, 0.4) is 0 Å². The van der Waals surface area contributed by atoms with E-state index < -0.39 is 17.8 Å². The highest BCUT2D eigenvalue weighted by atomic mass is 16.7. The molecule has 0 aromatic carbocycles. The fourth-order valence-electron chi connectivity index (χ4n) is 0.963. The molecule has 1 heterocycles. The van der Waals surface area contributed by atoms with Crippen LogP contribution in [-0.4, -0.2) is 22.8 Å². The minimum absolute atomic E-state index is 0.263. The van der Waals surface area contributed by atoms with E-state index in [0.29, 0.717) is 11.5 Å². The lowest BCUT2D eigenvalue weighted by atomic mass is 10.1. The van der Waals surface area contributed by atoms with Gasteiger partial charge >= 0.3 is 5.97 Å². The van der Waals surface area contributed by atoms with E-state index in [9.17, 15) is 14.4 Å². The lowest BCUT2D eigenvalue weighted by Crippen LogP contribution is -2.41. The van der Waals surface area contributed by atoms with Crippen molar-refractivity contribution in [2.24, 2.45) is 0 Å². The lowest BCUT2D eigenvalue weighted by Gasteiger charge is -2.21. The summed E-state index contributed by atoms with van der Waals surface area (Å²) in [6, 6.07) is 0. The van der Waals surface area contributed by atoms with Crippen LogP contribution in [0.4, 0.5) is 0 Å². The molecule has 0 spiro atoms. The zero-order valence-corrected chi connectivity index (χ0v) is 6.70. The molecule has 0 aliphatic carbocycles. The third kappa shape index (κ3) is 1.81. The van der Waals surface area contributed by atoms with Crippen LogP contribution in [0.25, 0.3) is 0 Å². The monoisotopic (exact) mass is 171 g/mol. The number of carbonyl (C=O) groups excluding carboxylic acids is 3. The molecule has 0 saturated carbocycles. The van der Waals surface area contributed by atoms with E-state index in [1.165, 1.54) is 0 Å². The van der Waals surface area contributed by atoms with Gasteiger partial charge in [-0.25, -0.2) is 4.79 Å². The normalized spacial score (nSPS) is 17.9. The Hall–Kier alpha value is -1.39. The van der Waals surface area contributed by atoms with Gasteiger partial charge < -0.3 is 4.84 Å². The fourth-order valence-corrected chi connectivity index (χ4v) is 0.963. The van der Waals surface area contributed by atoms with Crippen LogP contribution in [0.1, 0.15) is 26.2 Å². The average molecular weight is 171 g/mol. The Bertz CT molecular complexity index is 220. The summed E-state index contributed by atoms with van der Waals surface area (Å²) in [4.78, 5) is 36.8. The topological polar surface area (TPSA) is 63.7 Å². The van der Waals surface area contributed by atoms with Crippen molar-refractivity contribution in [3.8, 4) is 0 Å². The molecular formula is C7H9NO4. The highest BCUT2D eigenvalue weighted by molar-refractivity contribution is 5.97. The van der Waals surface area contributed by atoms with Crippen LogP contribution in [-0.2, 0) is 19.2 Å². The van der Waals surface area contributed by atoms with Crippen molar-refractivity contribution in [2.75, 3.05) is 0 Å². The standard InChI is InChI=1S/C7H9NO4/c1-5(9)12-8-6(10)3-2-4-7(8)11/h2-4H2,1H3. The van der Waals surface area contributed by atoms with Crippen molar-refractivity contribution >= 4 is 17.8 Å². The Morgan fingerprint density at radius 1 is 1.33 bits per heavy atom. The summed E-state index contributed by atoms with van der Waals surface area (Å²) in [5.74, 6) is -1.54. The molecule has 5 nitrogen and oxygen atoms in total. The zero-order chi connectivity index (χ0) is 9.14.